The van der Waals surface area contributed by atoms with Crippen molar-refractivity contribution in [3.8, 4) is 0 Å². The zero-order valence-corrected chi connectivity index (χ0v) is 15.0. The number of rotatable bonds is 2. The van der Waals surface area contributed by atoms with Crippen molar-refractivity contribution < 1.29 is 4.21 Å². The third kappa shape index (κ3) is 2.21. The van der Waals surface area contributed by atoms with Gasteiger partial charge in [0.1, 0.15) is 0 Å². The number of hydrogen-bond donors (Lipinski definition) is 0. The maximum atomic E-state index is 11.7. The number of fused-ring (bicyclic) bond motifs is 3. The fraction of sp³-hybridized carbons (Fsp3) is 0.125. The molecule has 0 saturated carbocycles. The van der Waals surface area contributed by atoms with Gasteiger partial charge < -0.3 is 4.90 Å². The molecule has 2 aromatic carbocycles. The van der Waals surface area contributed by atoms with E-state index in [0.717, 1.165) is 16.3 Å². The zero-order valence-electron chi connectivity index (χ0n) is 11.8. The van der Waals surface area contributed by atoms with Gasteiger partial charge in [-0.3, -0.25) is 8.13 Å². The highest BCUT2D eigenvalue weighted by Crippen LogP contribution is 2.51. The maximum Gasteiger partial charge on any atom is 0.169 e. The van der Waals surface area contributed by atoms with Gasteiger partial charge in [0.05, 0.1) is 27.5 Å². The molecule has 2 heterocycles. The molecule has 0 spiro atoms. The average molecular weight is 393 g/mol. The summed E-state index contributed by atoms with van der Waals surface area (Å²) in [4.78, 5) is 4.31. The van der Waals surface area contributed by atoms with Crippen molar-refractivity contribution in [2.45, 2.75) is 15.3 Å². The molecule has 2 aromatic rings. The summed E-state index contributed by atoms with van der Waals surface area (Å²) >= 11 is 5.49. The van der Waals surface area contributed by atoms with Gasteiger partial charge in [-0.05, 0) is 18.2 Å². The molecule has 0 fully saturated rings. The van der Waals surface area contributed by atoms with Gasteiger partial charge in [-0.25, -0.2) is 0 Å². The lowest BCUT2D eigenvalue weighted by atomic mass is 10.2. The van der Waals surface area contributed by atoms with Crippen molar-refractivity contribution in [3.05, 3.63) is 60.3 Å². The minimum Gasteiger partial charge on any atom is -0.314 e. The van der Waals surface area contributed by atoms with Crippen LogP contribution in [0.5, 0.6) is 0 Å². The molecule has 0 aromatic heterocycles. The Morgan fingerprint density at radius 2 is 1.95 bits per heavy atom. The summed E-state index contributed by atoms with van der Waals surface area (Å²) in [5.41, 5.74) is 3.58. The van der Waals surface area contributed by atoms with Crippen LogP contribution in [0, 0.1) is 0 Å². The van der Waals surface area contributed by atoms with E-state index < -0.39 is 10.8 Å². The van der Waals surface area contributed by atoms with Crippen LogP contribution in [0.2, 0.25) is 0 Å². The standard InChI is InChI=1S/C16H13BrN2OS2/c1-22(20)12-7-8-15-13(9-12)18-10-14(19(17)16(18)21-15)11-5-3-2-4-6-11/h2-10,16H,1H3. The number of nitrogens with zero attached hydrogens (tertiary/aromatic N) is 2. The van der Waals surface area contributed by atoms with Gasteiger partial charge in [-0.1, -0.05) is 42.1 Å². The SMILES string of the molecule is CS(=O)c1ccc2c(c1)N1C=C(c3ccccc3)N(Br)C1S2. The highest BCUT2D eigenvalue weighted by molar-refractivity contribution is 9.07. The van der Waals surface area contributed by atoms with Crippen molar-refractivity contribution in [1.82, 2.24) is 3.93 Å². The predicted octanol–water partition coefficient (Wildman–Crippen LogP) is 4.24. The fourth-order valence-electron chi connectivity index (χ4n) is 2.67. The van der Waals surface area contributed by atoms with E-state index >= 15 is 0 Å². The summed E-state index contributed by atoms with van der Waals surface area (Å²) in [5.74, 6) is 0. The molecule has 2 aliphatic heterocycles. The van der Waals surface area contributed by atoms with Crippen LogP contribution in [0.4, 0.5) is 5.69 Å². The first-order valence-corrected chi connectivity index (χ1v) is 9.94. The van der Waals surface area contributed by atoms with E-state index in [2.05, 4.69) is 49.4 Å². The van der Waals surface area contributed by atoms with E-state index in [1.165, 1.54) is 10.5 Å². The molecule has 4 rings (SSSR count). The maximum absolute atomic E-state index is 11.7. The Kier molecular flexibility index (Phi) is 3.55. The smallest absolute Gasteiger partial charge is 0.169 e. The number of benzene rings is 2. The Bertz CT molecular complexity index is 794. The van der Waals surface area contributed by atoms with Gasteiger partial charge in [0.2, 0.25) is 0 Å². The molecule has 0 N–H and O–H groups in total. The minimum absolute atomic E-state index is 0.158. The molecule has 6 heteroatoms. The Morgan fingerprint density at radius 1 is 1.18 bits per heavy atom. The molecule has 0 radical (unpaired) electrons. The average Bonchev–Trinajstić information content (AvgIpc) is 3.05. The second-order valence-corrected chi connectivity index (χ2v) is 8.37. The summed E-state index contributed by atoms with van der Waals surface area (Å²) in [7, 11) is -0.965. The lowest BCUT2D eigenvalue weighted by molar-refractivity contribution is 0.664. The summed E-state index contributed by atoms with van der Waals surface area (Å²) in [5, 5.41) is 0. The summed E-state index contributed by atoms with van der Waals surface area (Å²) in [6, 6.07) is 16.3. The van der Waals surface area contributed by atoms with Gasteiger partial charge >= 0.3 is 0 Å². The Morgan fingerprint density at radius 3 is 2.68 bits per heavy atom. The minimum atomic E-state index is -0.965. The highest BCUT2D eigenvalue weighted by Gasteiger charge is 2.39. The van der Waals surface area contributed by atoms with Gasteiger partial charge in [0, 0.05) is 38.6 Å². The molecular formula is C16H13BrN2OS2. The van der Waals surface area contributed by atoms with Crippen molar-refractivity contribution in [1.29, 1.82) is 0 Å². The molecule has 0 aliphatic carbocycles. The Labute approximate surface area is 144 Å². The van der Waals surface area contributed by atoms with Crippen LogP contribution in [0.1, 0.15) is 5.56 Å². The number of halogens is 1. The molecule has 22 heavy (non-hydrogen) atoms. The monoisotopic (exact) mass is 392 g/mol. The van der Waals surface area contributed by atoms with Crippen LogP contribution in [0.3, 0.4) is 0 Å². The molecule has 3 nitrogen and oxygen atoms in total. The summed E-state index contributed by atoms with van der Waals surface area (Å²) in [6.07, 6.45) is 3.86. The lowest BCUT2D eigenvalue weighted by Crippen LogP contribution is -2.27. The molecule has 2 aliphatic rings. The molecule has 0 bridgehead atoms. The van der Waals surface area contributed by atoms with Crippen LogP contribution in [0.25, 0.3) is 5.70 Å². The first-order valence-electron chi connectivity index (χ1n) is 6.80. The topological polar surface area (TPSA) is 23.6 Å². The van der Waals surface area contributed by atoms with Crippen molar-refractivity contribution >= 4 is 50.1 Å². The van der Waals surface area contributed by atoms with Crippen LogP contribution < -0.4 is 4.90 Å². The van der Waals surface area contributed by atoms with Crippen LogP contribution >= 0.6 is 27.9 Å². The quantitative estimate of drug-likeness (QED) is 0.712. The summed E-state index contributed by atoms with van der Waals surface area (Å²) < 4.78 is 13.8. The molecule has 0 saturated heterocycles. The highest BCUT2D eigenvalue weighted by atomic mass is 79.9. The summed E-state index contributed by atoms with van der Waals surface area (Å²) in [6.45, 7) is 0. The lowest BCUT2D eigenvalue weighted by Gasteiger charge is -2.22. The van der Waals surface area contributed by atoms with Crippen molar-refractivity contribution in [2.75, 3.05) is 11.2 Å². The van der Waals surface area contributed by atoms with Gasteiger partial charge in [0.25, 0.3) is 0 Å². The van der Waals surface area contributed by atoms with E-state index in [1.54, 1.807) is 18.0 Å². The van der Waals surface area contributed by atoms with E-state index in [4.69, 9.17) is 0 Å². The van der Waals surface area contributed by atoms with E-state index in [1.807, 2.05) is 30.3 Å². The third-order valence-corrected chi connectivity index (χ3v) is 6.97. The van der Waals surface area contributed by atoms with Crippen molar-refractivity contribution in [2.24, 2.45) is 0 Å². The van der Waals surface area contributed by atoms with E-state index in [9.17, 15) is 4.21 Å². The van der Waals surface area contributed by atoms with E-state index in [0.29, 0.717) is 0 Å². The third-order valence-electron chi connectivity index (χ3n) is 3.77. The second kappa shape index (κ2) is 5.44. The molecule has 2 unspecified atom stereocenters. The molecule has 0 amide bonds. The van der Waals surface area contributed by atoms with Gasteiger partial charge in [-0.2, -0.15) is 0 Å². The largest absolute Gasteiger partial charge is 0.314 e. The van der Waals surface area contributed by atoms with Crippen LogP contribution in [-0.4, -0.2) is 19.9 Å². The number of hydrogen-bond acceptors (Lipinski definition) is 4. The number of anilines is 1. The Balaban J connectivity index is 1.77. The number of thioether (sulfide) groups is 1. The van der Waals surface area contributed by atoms with Gasteiger partial charge in [-0.15, -0.1) is 0 Å². The van der Waals surface area contributed by atoms with Gasteiger partial charge in [0.15, 0.2) is 5.50 Å². The predicted molar refractivity (Wildman–Crippen MR) is 96.1 cm³/mol. The molecule has 112 valence electrons. The molecular weight excluding hydrogens is 380 g/mol. The first kappa shape index (κ1) is 14.4. The fourth-order valence-corrected chi connectivity index (χ4v) is 5.10. The first-order chi connectivity index (χ1) is 10.6. The molecule has 2 atom stereocenters. The second-order valence-electron chi connectivity index (χ2n) is 5.13. The zero-order chi connectivity index (χ0) is 15.3. The normalized spacial score (nSPS) is 20.6. The Hall–Kier alpha value is -1.24. The van der Waals surface area contributed by atoms with Crippen molar-refractivity contribution in [3.63, 3.8) is 0 Å². The van der Waals surface area contributed by atoms with Crippen LogP contribution in [-0.2, 0) is 10.8 Å². The van der Waals surface area contributed by atoms with Crippen LogP contribution in [0.15, 0.2) is 64.5 Å². The van der Waals surface area contributed by atoms with E-state index in [-0.39, 0.29) is 5.50 Å².